The van der Waals surface area contributed by atoms with Crippen LogP contribution in [0.15, 0.2) is 35.1 Å². The Bertz CT molecular complexity index is 736. The van der Waals surface area contributed by atoms with Crippen molar-refractivity contribution >= 4 is 0 Å². The second kappa shape index (κ2) is 7.04. The van der Waals surface area contributed by atoms with Gasteiger partial charge in [-0.2, -0.15) is 10.4 Å². The maximum absolute atomic E-state index is 12.3. The molecule has 114 valence electrons. The van der Waals surface area contributed by atoms with Gasteiger partial charge in [0.25, 0.3) is 5.56 Å². The summed E-state index contributed by atoms with van der Waals surface area (Å²) in [5.74, 6) is 0.317. The quantitative estimate of drug-likeness (QED) is 0.851. The molecule has 0 fully saturated rings. The van der Waals surface area contributed by atoms with Gasteiger partial charge in [0.2, 0.25) is 0 Å². The maximum atomic E-state index is 12.3. The monoisotopic (exact) mass is 295 g/mol. The third-order valence-electron chi connectivity index (χ3n) is 3.51. The highest BCUT2D eigenvalue weighted by atomic mass is 16.1. The zero-order chi connectivity index (χ0) is 16.1. The molecule has 2 aromatic rings. The molecule has 0 bridgehead atoms. The minimum Gasteiger partial charge on any atom is -0.267 e. The maximum Gasteiger partial charge on any atom is 0.271 e. The molecule has 0 amide bonds. The predicted molar refractivity (Wildman–Crippen MR) is 87.5 cm³/mol. The van der Waals surface area contributed by atoms with Crippen molar-refractivity contribution in [3.8, 4) is 17.3 Å². The summed E-state index contributed by atoms with van der Waals surface area (Å²) in [7, 11) is 0. The molecule has 0 N–H and O–H groups in total. The second-order valence-electron chi connectivity index (χ2n) is 5.82. The number of benzene rings is 1. The summed E-state index contributed by atoms with van der Waals surface area (Å²) in [6, 6.07) is 12.0. The van der Waals surface area contributed by atoms with E-state index in [0.29, 0.717) is 18.0 Å². The molecule has 0 unspecified atom stereocenters. The standard InChI is InChI=1S/C18H21N3O/c1-4-14-5-7-15(8-6-14)17-11-16(9-10-19)18(22)21(20-17)12-13(2)3/h5-8,11,13H,4,9,12H2,1-3H3. The molecule has 0 radical (unpaired) electrons. The minimum absolute atomic E-state index is 0.111. The van der Waals surface area contributed by atoms with E-state index in [4.69, 9.17) is 5.26 Å². The lowest BCUT2D eigenvalue weighted by molar-refractivity contribution is 0.463. The molecule has 0 saturated carbocycles. The van der Waals surface area contributed by atoms with Crippen molar-refractivity contribution in [1.82, 2.24) is 9.78 Å². The fourth-order valence-corrected chi connectivity index (χ4v) is 2.33. The van der Waals surface area contributed by atoms with Gasteiger partial charge in [0.15, 0.2) is 0 Å². The summed E-state index contributed by atoms with van der Waals surface area (Å²) in [5.41, 5.74) is 3.32. The van der Waals surface area contributed by atoms with Crippen LogP contribution < -0.4 is 5.56 Å². The molecule has 1 aromatic heterocycles. The van der Waals surface area contributed by atoms with Gasteiger partial charge < -0.3 is 0 Å². The van der Waals surface area contributed by atoms with Crippen molar-refractivity contribution < 1.29 is 0 Å². The summed E-state index contributed by atoms with van der Waals surface area (Å²) in [6.07, 6.45) is 1.10. The van der Waals surface area contributed by atoms with Gasteiger partial charge >= 0.3 is 0 Å². The van der Waals surface area contributed by atoms with Gasteiger partial charge in [0, 0.05) is 17.7 Å². The Balaban J connectivity index is 2.52. The Kier molecular flexibility index (Phi) is 5.11. The van der Waals surface area contributed by atoms with Crippen LogP contribution in [0.5, 0.6) is 0 Å². The summed E-state index contributed by atoms with van der Waals surface area (Å²) >= 11 is 0. The summed E-state index contributed by atoms with van der Waals surface area (Å²) < 4.78 is 1.49. The second-order valence-corrected chi connectivity index (χ2v) is 5.82. The Morgan fingerprint density at radius 3 is 2.50 bits per heavy atom. The lowest BCUT2D eigenvalue weighted by Crippen LogP contribution is -2.28. The molecule has 4 heteroatoms. The van der Waals surface area contributed by atoms with Crippen LogP contribution in [0.3, 0.4) is 0 Å². The Morgan fingerprint density at radius 1 is 1.27 bits per heavy atom. The molecule has 0 aliphatic heterocycles. The van der Waals surface area contributed by atoms with Gasteiger partial charge in [-0.05, 0) is 24.0 Å². The number of rotatable bonds is 5. The normalized spacial score (nSPS) is 10.7. The van der Waals surface area contributed by atoms with E-state index in [2.05, 4.69) is 30.2 Å². The van der Waals surface area contributed by atoms with Crippen LogP contribution in [0.4, 0.5) is 0 Å². The first-order valence-electron chi connectivity index (χ1n) is 7.62. The first-order valence-corrected chi connectivity index (χ1v) is 7.62. The molecule has 0 aliphatic rings. The van der Waals surface area contributed by atoms with Gasteiger partial charge in [0.05, 0.1) is 18.2 Å². The van der Waals surface area contributed by atoms with Crippen molar-refractivity contribution in [3.05, 3.63) is 51.8 Å². The fourth-order valence-electron chi connectivity index (χ4n) is 2.33. The van der Waals surface area contributed by atoms with E-state index in [9.17, 15) is 4.79 Å². The largest absolute Gasteiger partial charge is 0.271 e. The first kappa shape index (κ1) is 16.0. The number of aryl methyl sites for hydroxylation is 1. The van der Waals surface area contributed by atoms with E-state index in [0.717, 1.165) is 17.7 Å². The average molecular weight is 295 g/mol. The molecule has 0 aliphatic carbocycles. The Morgan fingerprint density at radius 2 is 1.95 bits per heavy atom. The molecule has 1 aromatic carbocycles. The van der Waals surface area contributed by atoms with Gasteiger partial charge in [-0.3, -0.25) is 4.79 Å². The smallest absolute Gasteiger partial charge is 0.267 e. The van der Waals surface area contributed by atoms with E-state index in [1.807, 2.05) is 26.0 Å². The number of hydrogen-bond donors (Lipinski definition) is 0. The van der Waals surface area contributed by atoms with Crippen molar-refractivity contribution in [1.29, 1.82) is 5.26 Å². The van der Waals surface area contributed by atoms with Crippen LogP contribution in [0.2, 0.25) is 0 Å². The summed E-state index contributed by atoms with van der Waals surface area (Å²) in [4.78, 5) is 12.3. The predicted octanol–water partition coefficient (Wildman–Crippen LogP) is 3.19. The molecule has 0 atom stereocenters. The number of nitriles is 1. The highest BCUT2D eigenvalue weighted by Crippen LogP contribution is 2.18. The fraction of sp³-hybridized carbons (Fsp3) is 0.389. The summed E-state index contributed by atoms with van der Waals surface area (Å²) in [6.45, 7) is 6.75. The van der Waals surface area contributed by atoms with Crippen LogP contribution in [0, 0.1) is 17.2 Å². The Labute approximate surface area is 131 Å². The molecule has 0 saturated heterocycles. The highest BCUT2D eigenvalue weighted by molar-refractivity contribution is 5.59. The van der Waals surface area contributed by atoms with Gasteiger partial charge in [-0.15, -0.1) is 0 Å². The molecule has 0 spiro atoms. The third-order valence-corrected chi connectivity index (χ3v) is 3.51. The lowest BCUT2D eigenvalue weighted by Gasteiger charge is -2.11. The summed E-state index contributed by atoms with van der Waals surface area (Å²) in [5, 5.41) is 13.4. The van der Waals surface area contributed by atoms with Crippen molar-refractivity contribution in [2.75, 3.05) is 0 Å². The van der Waals surface area contributed by atoms with Crippen molar-refractivity contribution in [3.63, 3.8) is 0 Å². The SMILES string of the molecule is CCc1ccc(-c2cc(CC#N)c(=O)n(CC(C)C)n2)cc1. The van der Waals surface area contributed by atoms with Crippen LogP contribution in [0.1, 0.15) is 31.9 Å². The zero-order valence-electron chi connectivity index (χ0n) is 13.3. The van der Waals surface area contributed by atoms with E-state index in [1.165, 1.54) is 10.2 Å². The Hall–Kier alpha value is -2.41. The molecule has 4 nitrogen and oxygen atoms in total. The minimum atomic E-state index is -0.163. The topological polar surface area (TPSA) is 58.7 Å². The molecular weight excluding hydrogens is 274 g/mol. The van der Waals surface area contributed by atoms with Crippen molar-refractivity contribution in [2.24, 2.45) is 5.92 Å². The van der Waals surface area contributed by atoms with E-state index < -0.39 is 0 Å². The van der Waals surface area contributed by atoms with Crippen LogP contribution in [0.25, 0.3) is 11.3 Å². The molecular formula is C18H21N3O. The highest BCUT2D eigenvalue weighted by Gasteiger charge is 2.11. The number of aromatic nitrogens is 2. The van der Waals surface area contributed by atoms with E-state index >= 15 is 0 Å². The molecule has 1 heterocycles. The first-order chi connectivity index (χ1) is 10.5. The van der Waals surface area contributed by atoms with Gasteiger partial charge in [-0.1, -0.05) is 45.0 Å². The van der Waals surface area contributed by atoms with Crippen LogP contribution >= 0.6 is 0 Å². The van der Waals surface area contributed by atoms with Crippen LogP contribution in [-0.4, -0.2) is 9.78 Å². The van der Waals surface area contributed by atoms with E-state index in [-0.39, 0.29) is 12.0 Å². The third kappa shape index (κ3) is 3.62. The lowest BCUT2D eigenvalue weighted by atomic mass is 10.1. The van der Waals surface area contributed by atoms with Gasteiger partial charge in [-0.25, -0.2) is 4.68 Å². The van der Waals surface area contributed by atoms with Crippen molar-refractivity contribution in [2.45, 2.75) is 40.2 Å². The zero-order valence-corrected chi connectivity index (χ0v) is 13.3. The number of nitrogens with zero attached hydrogens (tertiary/aromatic N) is 3. The van der Waals surface area contributed by atoms with Crippen LogP contribution in [-0.2, 0) is 19.4 Å². The van der Waals surface area contributed by atoms with Gasteiger partial charge in [0.1, 0.15) is 0 Å². The van der Waals surface area contributed by atoms with E-state index in [1.54, 1.807) is 6.07 Å². The molecule has 22 heavy (non-hydrogen) atoms. The molecule has 2 rings (SSSR count). The average Bonchev–Trinajstić information content (AvgIpc) is 2.51. The number of hydrogen-bond acceptors (Lipinski definition) is 3.